The minimum absolute atomic E-state index is 0.189. The molecule has 0 amide bonds. The summed E-state index contributed by atoms with van der Waals surface area (Å²) in [4.78, 5) is 0. The van der Waals surface area contributed by atoms with Crippen molar-refractivity contribution in [1.29, 1.82) is 0 Å². The van der Waals surface area contributed by atoms with Crippen molar-refractivity contribution in [1.82, 2.24) is 0 Å². The fraction of sp³-hybridized carbons (Fsp3) is 0.200. The van der Waals surface area contributed by atoms with E-state index in [9.17, 15) is 4.39 Å². The third kappa shape index (κ3) is 2.21. The third-order valence-corrected chi connectivity index (χ3v) is 3.67. The quantitative estimate of drug-likeness (QED) is 0.810. The number of anilines is 1. The first-order valence-corrected chi connectivity index (χ1v) is 6.38. The van der Waals surface area contributed by atoms with E-state index in [1.807, 2.05) is 18.2 Å². The van der Waals surface area contributed by atoms with Gasteiger partial charge in [-0.05, 0) is 41.8 Å². The standard InChI is InChI=1S/C15H13ClFN/c16-13-4-1-10(2-5-13)12-7-11-3-6-14(17)8-15(11)18-9-12/h1-6,8,12,18H,7,9H2. The largest absolute Gasteiger partial charge is 0.384 e. The molecule has 1 atom stereocenters. The van der Waals surface area contributed by atoms with Gasteiger partial charge < -0.3 is 5.32 Å². The molecule has 92 valence electrons. The summed E-state index contributed by atoms with van der Waals surface area (Å²) in [5.74, 6) is 0.228. The molecule has 1 unspecified atom stereocenters. The molecule has 1 aliphatic rings. The molecule has 0 saturated heterocycles. The van der Waals surface area contributed by atoms with E-state index < -0.39 is 0 Å². The summed E-state index contributed by atoms with van der Waals surface area (Å²) in [6, 6.07) is 12.9. The van der Waals surface area contributed by atoms with Crippen LogP contribution in [-0.4, -0.2) is 6.54 Å². The van der Waals surface area contributed by atoms with Crippen molar-refractivity contribution < 1.29 is 4.39 Å². The Morgan fingerprint density at radius 1 is 1.11 bits per heavy atom. The second-order valence-electron chi connectivity index (χ2n) is 4.63. The maximum atomic E-state index is 13.1. The lowest BCUT2D eigenvalue weighted by Gasteiger charge is -2.26. The van der Waals surface area contributed by atoms with Gasteiger partial charge in [-0.1, -0.05) is 29.8 Å². The molecule has 18 heavy (non-hydrogen) atoms. The smallest absolute Gasteiger partial charge is 0.125 e. The zero-order valence-corrected chi connectivity index (χ0v) is 10.5. The summed E-state index contributed by atoms with van der Waals surface area (Å²) in [6.45, 7) is 0.831. The van der Waals surface area contributed by atoms with Crippen LogP contribution in [0.5, 0.6) is 0 Å². The number of rotatable bonds is 1. The molecule has 0 bridgehead atoms. The van der Waals surface area contributed by atoms with E-state index in [1.54, 1.807) is 6.07 Å². The van der Waals surface area contributed by atoms with Gasteiger partial charge >= 0.3 is 0 Å². The summed E-state index contributed by atoms with van der Waals surface area (Å²) in [7, 11) is 0. The van der Waals surface area contributed by atoms with E-state index in [0.717, 1.165) is 23.7 Å². The van der Waals surface area contributed by atoms with E-state index in [2.05, 4.69) is 17.4 Å². The van der Waals surface area contributed by atoms with Gasteiger partial charge in [-0.15, -0.1) is 0 Å². The lowest BCUT2D eigenvalue weighted by Crippen LogP contribution is -2.21. The van der Waals surface area contributed by atoms with Crippen LogP contribution in [0.15, 0.2) is 42.5 Å². The normalized spacial score (nSPS) is 18.0. The summed E-state index contributed by atoms with van der Waals surface area (Å²) < 4.78 is 13.1. The van der Waals surface area contributed by atoms with Gasteiger partial charge in [0.2, 0.25) is 0 Å². The van der Waals surface area contributed by atoms with E-state index in [0.29, 0.717) is 5.92 Å². The van der Waals surface area contributed by atoms with Crippen molar-refractivity contribution in [2.24, 2.45) is 0 Å². The van der Waals surface area contributed by atoms with Crippen LogP contribution < -0.4 is 5.32 Å². The summed E-state index contributed by atoms with van der Waals surface area (Å²) in [6.07, 6.45) is 0.935. The number of halogens is 2. The molecule has 0 fully saturated rings. The van der Waals surface area contributed by atoms with Crippen LogP contribution in [0.4, 0.5) is 10.1 Å². The van der Waals surface area contributed by atoms with Gasteiger partial charge in [0.05, 0.1) is 0 Å². The maximum Gasteiger partial charge on any atom is 0.125 e. The minimum atomic E-state index is -0.189. The van der Waals surface area contributed by atoms with Crippen molar-refractivity contribution in [3.05, 3.63) is 64.4 Å². The lowest BCUT2D eigenvalue weighted by atomic mass is 9.88. The van der Waals surface area contributed by atoms with Crippen molar-refractivity contribution in [3.8, 4) is 0 Å². The Balaban J connectivity index is 1.86. The monoisotopic (exact) mass is 261 g/mol. The Labute approximate surface area is 111 Å². The van der Waals surface area contributed by atoms with Crippen molar-refractivity contribution in [3.63, 3.8) is 0 Å². The molecule has 3 heteroatoms. The fourth-order valence-corrected chi connectivity index (χ4v) is 2.56. The first-order valence-electron chi connectivity index (χ1n) is 6.00. The van der Waals surface area contributed by atoms with E-state index >= 15 is 0 Å². The van der Waals surface area contributed by atoms with Crippen molar-refractivity contribution in [2.75, 3.05) is 11.9 Å². The van der Waals surface area contributed by atoms with E-state index in [4.69, 9.17) is 11.6 Å². The molecule has 1 N–H and O–H groups in total. The van der Waals surface area contributed by atoms with E-state index in [1.165, 1.54) is 17.2 Å². The van der Waals surface area contributed by atoms with Crippen LogP contribution in [0, 0.1) is 5.82 Å². The fourth-order valence-electron chi connectivity index (χ4n) is 2.43. The third-order valence-electron chi connectivity index (χ3n) is 3.42. The molecule has 2 aromatic rings. The van der Waals surface area contributed by atoms with Crippen LogP contribution in [0.25, 0.3) is 0 Å². The molecule has 1 heterocycles. The zero-order chi connectivity index (χ0) is 12.5. The van der Waals surface area contributed by atoms with Crippen molar-refractivity contribution >= 4 is 17.3 Å². The van der Waals surface area contributed by atoms with Crippen LogP contribution in [0.2, 0.25) is 5.02 Å². The first-order chi connectivity index (χ1) is 8.72. The topological polar surface area (TPSA) is 12.0 Å². The highest BCUT2D eigenvalue weighted by atomic mass is 35.5. The Hall–Kier alpha value is -1.54. The molecule has 0 aromatic heterocycles. The van der Waals surface area contributed by atoms with Crippen LogP contribution >= 0.6 is 11.6 Å². The number of fused-ring (bicyclic) bond motifs is 1. The van der Waals surface area contributed by atoms with Gasteiger partial charge in [-0.2, -0.15) is 0 Å². The zero-order valence-electron chi connectivity index (χ0n) is 9.79. The molecule has 0 saturated carbocycles. The van der Waals surface area contributed by atoms with Gasteiger partial charge in [0, 0.05) is 23.2 Å². The minimum Gasteiger partial charge on any atom is -0.384 e. The molecular formula is C15H13ClFN. The summed E-state index contributed by atoms with van der Waals surface area (Å²) >= 11 is 5.89. The molecule has 0 radical (unpaired) electrons. The highest BCUT2D eigenvalue weighted by Gasteiger charge is 2.19. The molecule has 3 rings (SSSR count). The average molecular weight is 262 g/mol. The number of benzene rings is 2. The van der Waals surface area contributed by atoms with Crippen LogP contribution in [-0.2, 0) is 6.42 Å². The Kier molecular flexibility index (Phi) is 2.96. The number of hydrogen-bond donors (Lipinski definition) is 1. The molecular weight excluding hydrogens is 249 g/mol. The lowest BCUT2D eigenvalue weighted by molar-refractivity contribution is 0.622. The highest BCUT2D eigenvalue weighted by Crippen LogP contribution is 2.31. The summed E-state index contributed by atoms with van der Waals surface area (Å²) in [5.41, 5.74) is 3.35. The van der Waals surface area contributed by atoms with Gasteiger partial charge in [0.1, 0.15) is 5.82 Å². The van der Waals surface area contributed by atoms with Crippen molar-refractivity contribution in [2.45, 2.75) is 12.3 Å². The highest BCUT2D eigenvalue weighted by molar-refractivity contribution is 6.30. The number of nitrogens with one attached hydrogen (secondary N) is 1. The predicted octanol–water partition coefficient (Wildman–Crippen LogP) is 4.23. The Bertz CT molecular complexity index is 565. The Morgan fingerprint density at radius 2 is 1.89 bits per heavy atom. The Morgan fingerprint density at radius 3 is 2.67 bits per heavy atom. The van der Waals surface area contributed by atoms with Gasteiger partial charge in [-0.3, -0.25) is 0 Å². The summed E-state index contributed by atoms with van der Waals surface area (Å²) in [5, 5.41) is 4.05. The molecule has 0 aliphatic carbocycles. The molecule has 1 nitrogen and oxygen atoms in total. The SMILES string of the molecule is Fc1ccc2c(c1)NCC(c1ccc(Cl)cc1)C2. The van der Waals surface area contributed by atoms with Crippen LogP contribution in [0.1, 0.15) is 17.0 Å². The second kappa shape index (κ2) is 4.62. The van der Waals surface area contributed by atoms with Gasteiger partial charge in [-0.25, -0.2) is 4.39 Å². The first kappa shape index (κ1) is 11.5. The average Bonchev–Trinajstić information content (AvgIpc) is 2.39. The maximum absolute atomic E-state index is 13.1. The molecule has 2 aromatic carbocycles. The molecule has 1 aliphatic heterocycles. The van der Waals surface area contributed by atoms with Gasteiger partial charge in [0.15, 0.2) is 0 Å². The predicted molar refractivity (Wildman–Crippen MR) is 72.8 cm³/mol. The second-order valence-corrected chi connectivity index (χ2v) is 5.07. The molecule has 0 spiro atoms. The van der Waals surface area contributed by atoms with E-state index in [-0.39, 0.29) is 5.82 Å². The number of hydrogen-bond acceptors (Lipinski definition) is 1. The van der Waals surface area contributed by atoms with Gasteiger partial charge in [0.25, 0.3) is 0 Å². The van der Waals surface area contributed by atoms with Crippen LogP contribution in [0.3, 0.4) is 0 Å².